The van der Waals surface area contributed by atoms with Gasteiger partial charge >= 0.3 is 12.2 Å². The molecule has 152 valence electrons. The van der Waals surface area contributed by atoms with Crippen LogP contribution >= 0.6 is 22.6 Å². The van der Waals surface area contributed by atoms with Crippen LogP contribution in [0.2, 0.25) is 0 Å². The summed E-state index contributed by atoms with van der Waals surface area (Å²) in [7, 11) is 0. The number of hydrogen-bond acceptors (Lipinski definition) is 2. The van der Waals surface area contributed by atoms with Crippen LogP contribution in [0.25, 0.3) is 0 Å². The van der Waals surface area contributed by atoms with E-state index in [-0.39, 0.29) is 23.7 Å². The highest BCUT2D eigenvalue weighted by Gasteiger charge is 2.31. The van der Waals surface area contributed by atoms with Crippen LogP contribution in [-0.4, -0.2) is 52.5 Å². The summed E-state index contributed by atoms with van der Waals surface area (Å²) in [6, 6.07) is 4.58. The van der Waals surface area contributed by atoms with Gasteiger partial charge in [0.1, 0.15) is 0 Å². The van der Waals surface area contributed by atoms with Crippen LogP contribution in [0.3, 0.4) is 0 Å². The zero-order chi connectivity index (χ0) is 20.0. The monoisotopic (exact) mass is 497 g/mol. The number of nitrogens with one attached hydrogen (secondary N) is 1. The molecule has 0 radical (unpaired) electrons. The lowest BCUT2D eigenvalue weighted by molar-refractivity contribution is -0.137. The van der Waals surface area contributed by atoms with E-state index in [1.54, 1.807) is 4.90 Å². The van der Waals surface area contributed by atoms with Crippen molar-refractivity contribution in [3.8, 4) is 0 Å². The van der Waals surface area contributed by atoms with Gasteiger partial charge in [0.2, 0.25) is 0 Å². The van der Waals surface area contributed by atoms with Crippen molar-refractivity contribution in [2.45, 2.75) is 38.9 Å². The molecule has 8 heteroatoms. The van der Waals surface area contributed by atoms with Crippen LogP contribution in [0.5, 0.6) is 0 Å². The molecule has 2 amide bonds. The Labute approximate surface area is 172 Å². The molecular weight excluding hydrogens is 470 g/mol. The predicted molar refractivity (Wildman–Crippen MR) is 110 cm³/mol. The van der Waals surface area contributed by atoms with E-state index in [1.807, 2.05) is 13.8 Å². The molecule has 2 rings (SSSR count). The minimum Gasteiger partial charge on any atom is -0.321 e. The summed E-state index contributed by atoms with van der Waals surface area (Å²) in [5.41, 5.74) is -0.589. The third-order valence-electron chi connectivity index (χ3n) is 4.66. The third-order valence-corrected chi connectivity index (χ3v) is 5.14. The minimum atomic E-state index is -4.43. The summed E-state index contributed by atoms with van der Waals surface area (Å²) < 4.78 is 39.8. The number of amides is 2. The Morgan fingerprint density at radius 1 is 1.33 bits per heavy atom. The molecule has 1 saturated heterocycles. The smallest absolute Gasteiger partial charge is 0.321 e. The molecule has 1 aliphatic rings. The van der Waals surface area contributed by atoms with Gasteiger partial charge in [0.25, 0.3) is 0 Å². The average molecular weight is 497 g/mol. The number of anilines is 1. The highest BCUT2D eigenvalue weighted by Crippen LogP contribution is 2.31. The maximum Gasteiger partial charge on any atom is 0.416 e. The molecule has 1 aliphatic heterocycles. The van der Waals surface area contributed by atoms with E-state index in [9.17, 15) is 18.0 Å². The van der Waals surface area contributed by atoms with Gasteiger partial charge in [-0.3, -0.25) is 0 Å². The maximum absolute atomic E-state index is 12.9. The summed E-state index contributed by atoms with van der Waals surface area (Å²) in [5.74, 6) is 0.282. The lowest BCUT2D eigenvalue weighted by Crippen LogP contribution is -2.50. The van der Waals surface area contributed by atoms with Crippen molar-refractivity contribution in [1.82, 2.24) is 9.80 Å². The van der Waals surface area contributed by atoms with Gasteiger partial charge in [-0.2, -0.15) is 13.2 Å². The molecule has 0 saturated carbocycles. The first-order valence-electron chi connectivity index (χ1n) is 9.24. The zero-order valence-corrected chi connectivity index (χ0v) is 17.9. The van der Waals surface area contributed by atoms with Gasteiger partial charge in [0, 0.05) is 42.3 Å². The summed E-state index contributed by atoms with van der Waals surface area (Å²) >= 11 is 2.36. The molecule has 0 aromatic heterocycles. The van der Waals surface area contributed by atoms with Crippen molar-refractivity contribution in [2.24, 2.45) is 5.92 Å². The number of benzene rings is 1. The number of halogens is 4. The van der Waals surface area contributed by atoms with Crippen molar-refractivity contribution >= 4 is 34.3 Å². The molecule has 0 bridgehead atoms. The number of hydrogen-bond donors (Lipinski definition) is 1. The van der Waals surface area contributed by atoms with Crippen LogP contribution in [0.4, 0.5) is 23.7 Å². The molecule has 0 spiro atoms. The number of piperidine rings is 1. The van der Waals surface area contributed by atoms with E-state index in [0.717, 1.165) is 49.0 Å². The topological polar surface area (TPSA) is 35.6 Å². The van der Waals surface area contributed by atoms with Crippen LogP contribution in [-0.2, 0) is 6.18 Å². The molecule has 1 aromatic rings. The second kappa shape index (κ2) is 9.95. The van der Waals surface area contributed by atoms with E-state index in [4.69, 9.17) is 0 Å². The van der Waals surface area contributed by atoms with E-state index in [2.05, 4.69) is 32.8 Å². The Hall–Kier alpha value is -1.03. The van der Waals surface area contributed by atoms with Crippen LogP contribution < -0.4 is 5.32 Å². The number of urea groups is 1. The SMILES string of the molecule is CC(C)CN(C(=O)Nc1cccc(C(F)(F)F)c1)C1CCN(CCI)CC1. The fourth-order valence-corrected chi connectivity index (χ4v) is 4.02. The first-order chi connectivity index (χ1) is 12.7. The average Bonchev–Trinajstić information content (AvgIpc) is 2.60. The Balaban J connectivity index is 2.07. The van der Waals surface area contributed by atoms with Crippen molar-refractivity contribution < 1.29 is 18.0 Å². The quantitative estimate of drug-likeness (QED) is 0.439. The number of carbonyl (C=O) groups excluding carboxylic acids is 1. The molecule has 0 atom stereocenters. The molecule has 27 heavy (non-hydrogen) atoms. The van der Waals surface area contributed by atoms with Gasteiger partial charge in [0.15, 0.2) is 0 Å². The molecule has 1 fully saturated rings. The van der Waals surface area contributed by atoms with Crippen molar-refractivity contribution in [3.05, 3.63) is 29.8 Å². The fourth-order valence-electron chi connectivity index (χ4n) is 3.33. The number of rotatable bonds is 6. The van der Waals surface area contributed by atoms with Crippen molar-refractivity contribution in [3.63, 3.8) is 0 Å². The van der Waals surface area contributed by atoms with E-state index < -0.39 is 11.7 Å². The second-order valence-electron chi connectivity index (χ2n) is 7.32. The molecule has 0 aliphatic carbocycles. The van der Waals surface area contributed by atoms with Gasteiger partial charge in [-0.15, -0.1) is 0 Å². The van der Waals surface area contributed by atoms with Crippen LogP contribution in [0, 0.1) is 5.92 Å². The van der Waals surface area contributed by atoms with E-state index >= 15 is 0 Å². The van der Waals surface area contributed by atoms with Gasteiger partial charge in [-0.05, 0) is 37.0 Å². The Morgan fingerprint density at radius 3 is 2.56 bits per heavy atom. The van der Waals surface area contributed by atoms with E-state index in [0.29, 0.717) is 6.54 Å². The number of likely N-dealkylation sites (tertiary alicyclic amines) is 1. The number of alkyl halides is 4. The molecule has 0 unspecified atom stereocenters. The van der Waals surface area contributed by atoms with Gasteiger partial charge in [0.05, 0.1) is 5.56 Å². The van der Waals surface area contributed by atoms with Crippen molar-refractivity contribution in [2.75, 3.05) is 35.9 Å². The van der Waals surface area contributed by atoms with Gasteiger partial charge in [-0.25, -0.2) is 4.79 Å². The summed E-state index contributed by atoms with van der Waals surface area (Å²) in [5, 5.41) is 2.67. The molecule has 4 nitrogen and oxygen atoms in total. The molecule has 1 aromatic carbocycles. The Bertz CT molecular complexity index is 616. The molecule has 1 heterocycles. The zero-order valence-electron chi connectivity index (χ0n) is 15.7. The normalized spacial score (nSPS) is 16.6. The Kier molecular flexibility index (Phi) is 8.20. The summed E-state index contributed by atoms with van der Waals surface area (Å²) in [6.45, 7) is 7.60. The highest BCUT2D eigenvalue weighted by atomic mass is 127. The summed E-state index contributed by atoms with van der Waals surface area (Å²) in [4.78, 5) is 17.0. The van der Waals surface area contributed by atoms with Gasteiger partial charge in [-0.1, -0.05) is 42.5 Å². The molecule has 1 N–H and O–H groups in total. The lowest BCUT2D eigenvalue weighted by Gasteiger charge is -2.39. The summed E-state index contributed by atoms with van der Waals surface area (Å²) in [6.07, 6.45) is -2.65. The number of nitrogens with zero attached hydrogens (tertiary/aromatic N) is 2. The first kappa shape index (κ1) is 22.3. The highest BCUT2D eigenvalue weighted by molar-refractivity contribution is 14.1. The van der Waals surface area contributed by atoms with Gasteiger partial charge < -0.3 is 15.1 Å². The van der Waals surface area contributed by atoms with E-state index in [1.165, 1.54) is 12.1 Å². The standard InChI is InChI=1S/C19H27F3IN3O/c1-14(2)13-26(17-6-9-25(10-7-17)11-8-23)18(27)24-16-5-3-4-15(12-16)19(20,21)22/h3-5,12,14,17H,6-11,13H2,1-2H3,(H,24,27). The largest absolute Gasteiger partial charge is 0.416 e. The van der Waals surface area contributed by atoms with Crippen LogP contribution in [0.1, 0.15) is 32.3 Å². The third kappa shape index (κ3) is 6.81. The predicted octanol–water partition coefficient (Wildman–Crippen LogP) is 5.09. The lowest BCUT2D eigenvalue weighted by atomic mass is 10.0. The maximum atomic E-state index is 12.9. The van der Waals surface area contributed by atoms with Crippen molar-refractivity contribution in [1.29, 1.82) is 0 Å². The Morgan fingerprint density at radius 2 is 2.00 bits per heavy atom. The fraction of sp³-hybridized carbons (Fsp3) is 0.632. The second-order valence-corrected chi connectivity index (χ2v) is 8.40. The van der Waals surface area contributed by atoms with Crippen LogP contribution in [0.15, 0.2) is 24.3 Å². The molecular formula is C19H27F3IN3O. The number of carbonyl (C=O) groups is 1. The minimum absolute atomic E-state index is 0.114. The first-order valence-corrected chi connectivity index (χ1v) is 10.8.